The molecule has 0 bridgehead atoms. The second-order valence-corrected chi connectivity index (χ2v) is 10.8. The first-order valence-electron chi connectivity index (χ1n) is 13.7. The number of ether oxygens (including phenoxy) is 4. The molecule has 1 N–H and O–H groups in total. The smallest absolute Gasteiger partial charge is 0.336 e. The summed E-state index contributed by atoms with van der Waals surface area (Å²) in [7, 11) is 4.33. The van der Waals surface area contributed by atoms with Gasteiger partial charge in [0.15, 0.2) is 28.8 Å². The van der Waals surface area contributed by atoms with E-state index < -0.39 is 17.6 Å². The molecule has 0 spiro atoms. The lowest BCUT2D eigenvalue weighted by Gasteiger charge is -2.20. The highest BCUT2D eigenvalue weighted by Gasteiger charge is 2.28. The summed E-state index contributed by atoms with van der Waals surface area (Å²) >= 11 is 1.01. The predicted octanol–water partition coefficient (Wildman–Crippen LogP) is 6.45. The Morgan fingerprint density at radius 2 is 1.60 bits per heavy atom. The van der Waals surface area contributed by atoms with E-state index in [1.807, 2.05) is 0 Å². The molecule has 0 radical (unpaired) electrons. The van der Waals surface area contributed by atoms with Gasteiger partial charge in [-0.2, -0.15) is 8.75 Å². The van der Waals surface area contributed by atoms with Gasteiger partial charge in [0.1, 0.15) is 11.0 Å². The number of hydrogen-bond acceptors (Lipinski definition) is 9. The minimum atomic E-state index is -1.32. The van der Waals surface area contributed by atoms with Crippen LogP contribution in [0, 0.1) is 12.7 Å². The molecule has 1 aliphatic carbocycles. The van der Waals surface area contributed by atoms with E-state index in [2.05, 4.69) is 8.75 Å². The largest absolute Gasteiger partial charge is 0.494 e. The van der Waals surface area contributed by atoms with Gasteiger partial charge in [-0.15, -0.1) is 0 Å². The Bertz CT molecular complexity index is 1700. The quantitative estimate of drug-likeness (QED) is 0.152. The molecular weight excluding hydrogens is 575 g/mol. The van der Waals surface area contributed by atoms with E-state index in [-0.39, 0.29) is 40.5 Å². The van der Waals surface area contributed by atoms with Gasteiger partial charge < -0.3 is 24.1 Å². The molecule has 9 nitrogen and oxygen atoms in total. The summed E-state index contributed by atoms with van der Waals surface area (Å²) in [6.07, 6.45) is 3.91. The van der Waals surface area contributed by atoms with Crippen molar-refractivity contribution in [1.82, 2.24) is 8.75 Å². The molecule has 1 saturated carbocycles. The lowest BCUT2D eigenvalue weighted by Crippen LogP contribution is -2.15. The fourth-order valence-electron chi connectivity index (χ4n) is 5.42. The molecule has 0 unspecified atom stereocenters. The van der Waals surface area contributed by atoms with Crippen LogP contribution in [0.1, 0.15) is 52.7 Å². The first kappa shape index (κ1) is 30.0. The molecule has 43 heavy (non-hydrogen) atoms. The molecule has 0 amide bonds. The molecule has 224 valence electrons. The number of carbonyl (C=O) groups excluding carboxylic acids is 1. The number of carboxylic acid groups (broad SMARTS) is 1. The second kappa shape index (κ2) is 12.8. The Kier molecular flexibility index (Phi) is 8.91. The van der Waals surface area contributed by atoms with Gasteiger partial charge in [-0.3, -0.25) is 4.79 Å². The molecule has 11 heteroatoms. The number of carboxylic acids is 1. The van der Waals surface area contributed by atoms with Crippen molar-refractivity contribution in [2.45, 2.75) is 45.1 Å². The van der Waals surface area contributed by atoms with E-state index in [0.29, 0.717) is 39.4 Å². The van der Waals surface area contributed by atoms with Gasteiger partial charge in [-0.05, 0) is 91.8 Å². The van der Waals surface area contributed by atoms with Crippen molar-refractivity contribution in [1.29, 1.82) is 0 Å². The van der Waals surface area contributed by atoms with Gasteiger partial charge in [0.25, 0.3) is 0 Å². The Hall–Kier alpha value is -4.51. The summed E-state index contributed by atoms with van der Waals surface area (Å²) in [6.45, 7) is 1.80. The number of nitrogens with zero attached hydrogens (tertiary/aromatic N) is 2. The number of aromatic nitrogens is 2. The number of carbonyl (C=O) groups is 2. The van der Waals surface area contributed by atoms with Crippen LogP contribution in [0.25, 0.3) is 16.6 Å². The van der Waals surface area contributed by atoms with Crippen molar-refractivity contribution < 1.29 is 38.0 Å². The number of allylic oxidation sites excluding steroid dienone is 1. The first-order valence-corrected chi connectivity index (χ1v) is 14.5. The van der Waals surface area contributed by atoms with Crippen molar-refractivity contribution in [2.24, 2.45) is 0 Å². The molecule has 1 heterocycles. The van der Waals surface area contributed by atoms with Crippen LogP contribution in [-0.2, 0) is 11.2 Å². The number of aryl methyl sites for hydroxylation is 1. The normalized spacial score (nSPS) is 14.0. The number of Topliss-reactive ketones (excluding diaryl/α,β-unsaturated/α-hetero) is 1. The second-order valence-electron chi connectivity index (χ2n) is 10.3. The van der Waals surface area contributed by atoms with Gasteiger partial charge >= 0.3 is 5.97 Å². The number of aliphatic carboxylic acids is 1. The summed E-state index contributed by atoms with van der Waals surface area (Å²) in [5.74, 6) is -1.52. The van der Waals surface area contributed by atoms with Crippen LogP contribution in [0.3, 0.4) is 0 Å². The number of ketones is 1. The van der Waals surface area contributed by atoms with Gasteiger partial charge in [-0.25, -0.2) is 9.18 Å². The maximum atomic E-state index is 14.7. The minimum Gasteiger partial charge on any atom is -0.494 e. The van der Waals surface area contributed by atoms with E-state index in [0.717, 1.165) is 43.5 Å². The number of hydrogen-bond donors (Lipinski definition) is 1. The number of benzene rings is 3. The lowest BCUT2D eigenvalue weighted by molar-refractivity contribution is -0.130. The molecule has 1 aliphatic rings. The zero-order chi connectivity index (χ0) is 30.7. The zero-order valence-corrected chi connectivity index (χ0v) is 25.0. The Morgan fingerprint density at radius 1 is 0.930 bits per heavy atom. The molecule has 5 rings (SSSR count). The molecule has 1 aromatic heterocycles. The van der Waals surface area contributed by atoms with Crippen LogP contribution in [0.4, 0.5) is 4.39 Å². The standard InChI is InChI=1S/C32H31FN2O7S/c1-17-11-20(16-24-29(17)35-43-34-24)28(32(37)38)22(30(36)19-9-10-25(39-2)23(33)15-19)12-18-13-26(40-3)31(27(14-18)41-4)42-21-7-5-6-8-21/h9-11,13-16,21H,5-8,12H2,1-4H3,(H,37,38). The number of halogens is 1. The third-order valence-electron chi connectivity index (χ3n) is 7.53. The van der Waals surface area contributed by atoms with Crippen LogP contribution in [0.15, 0.2) is 48.0 Å². The monoisotopic (exact) mass is 606 g/mol. The SMILES string of the molecule is COc1ccc(C(=O)C(Cc2cc(OC)c(OC3CCCC3)c(OC)c2)=C(C(=O)O)c2cc(C)c3nsnc3c2)cc1F. The van der Waals surface area contributed by atoms with Crippen LogP contribution >= 0.6 is 11.7 Å². The van der Waals surface area contributed by atoms with Gasteiger partial charge in [-0.1, -0.05) is 0 Å². The molecule has 0 saturated heterocycles. The fourth-order valence-corrected chi connectivity index (χ4v) is 6.01. The third-order valence-corrected chi connectivity index (χ3v) is 8.07. The summed E-state index contributed by atoms with van der Waals surface area (Å²) in [4.78, 5) is 27.0. The summed E-state index contributed by atoms with van der Waals surface area (Å²) in [5.41, 5.74) is 2.36. The number of fused-ring (bicyclic) bond motifs is 1. The summed E-state index contributed by atoms with van der Waals surface area (Å²) in [6, 6.07) is 10.4. The molecule has 0 atom stereocenters. The average molecular weight is 607 g/mol. The van der Waals surface area contributed by atoms with Crippen molar-refractivity contribution in [2.75, 3.05) is 21.3 Å². The minimum absolute atomic E-state index is 0.0275. The van der Waals surface area contributed by atoms with E-state index in [9.17, 15) is 19.1 Å². The number of methoxy groups -OCH3 is 3. The van der Waals surface area contributed by atoms with Gasteiger partial charge in [0.2, 0.25) is 5.75 Å². The van der Waals surface area contributed by atoms with Crippen molar-refractivity contribution in [3.63, 3.8) is 0 Å². The Morgan fingerprint density at radius 3 is 2.21 bits per heavy atom. The maximum Gasteiger partial charge on any atom is 0.336 e. The lowest BCUT2D eigenvalue weighted by atomic mass is 9.88. The molecular formula is C32H31FN2O7S. The van der Waals surface area contributed by atoms with Gasteiger partial charge in [0.05, 0.1) is 44.7 Å². The number of rotatable bonds is 11. The highest BCUT2D eigenvalue weighted by atomic mass is 32.1. The highest BCUT2D eigenvalue weighted by molar-refractivity contribution is 7.00. The Labute approximate surface area is 252 Å². The molecule has 4 aromatic rings. The first-order chi connectivity index (χ1) is 20.7. The van der Waals surface area contributed by atoms with Crippen LogP contribution in [0.5, 0.6) is 23.0 Å². The maximum absolute atomic E-state index is 14.7. The van der Waals surface area contributed by atoms with Crippen LogP contribution in [-0.4, -0.2) is 53.0 Å². The van der Waals surface area contributed by atoms with E-state index >= 15 is 0 Å². The van der Waals surface area contributed by atoms with Crippen LogP contribution < -0.4 is 18.9 Å². The third kappa shape index (κ3) is 6.17. The van der Waals surface area contributed by atoms with Crippen molar-refractivity contribution in [3.05, 3.63) is 76.1 Å². The summed E-state index contributed by atoms with van der Waals surface area (Å²) < 4.78 is 45.8. The van der Waals surface area contributed by atoms with E-state index in [4.69, 9.17) is 18.9 Å². The van der Waals surface area contributed by atoms with E-state index in [1.54, 1.807) is 31.2 Å². The topological polar surface area (TPSA) is 117 Å². The predicted molar refractivity (Wildman–Crippen MR) is 160 cm³/mol. The average Bonchev–Trinajstić information content (AvgIpc) is 3.69. The Balaban J connectivity index is 1.68. The fraction of sp³-hybridized carbons (Fsp3) is 0.312. The molecule has 0 aliphatic heterocycles. The van der Waals surface area contributed by atoms with Crippen LogP contribution in [0.2, 0.25) is 0 Å². The molecule has 1 fully saturated rings. The van der Waals surface area contributed by atoms with E-state index in [1.165, 1.54) is 33.5 Å². The molecule has 3 aromatic carbocycles. The van der Waals surface area contributed by atoms with Crippen molar-refractivity contribution >= 4 is 40.1 Å². The van der Waals surface area contributed by atoms with Crippen molar-refractivity contribution in [3.8, 4) is 23.0 Å². The highest BCUT2D eigenvalue weighted by Crippen LogP contribution is 2.42. The summed E-state index contributed by atoms with van der Waals surface area (Å²) in [5, 5.41) is 10.5. The van der Waals surface area contributed by atoms with Gasteiger partial charge in [0, 0.05) is 17.6 Å². The zero-order valence-electron chi connectivity index (χ0n) is 24.2.